The molecular weight excluding hydrogens is 124 g/mol. The fourth-order valence-corrected chi connectivity index (χ4v) is 1.07. The van der Waals surface area contributed by atoms with Gasteiger partial charge in [-0.05, 0) is 23.9 Å². The van der Waals surface area contributed by atoms with Crippen LogP contribution in [-0.2, 0) is 0 Å². The molecule has 10 heavy (non-hydrogen) atoms. The molecule has 2 heteroatoms. The van der Waals surface area contributed by atoms with E-state index < -0.39 is 0 Å². The van der Waals surface area contributed by atoms with Crippen LogP contribution in [0, 0.1) is 0 Å². The number of rotatable bonds is 0. The van der Waals surface area contributed by atoms with Crippen LogP contribution >= 0.6 is 0 Å². The molecule has 2 rings (SSSR count). The number of nitrogens with one attached hydrogen (secondary N) is 1. The van der Waals surface area contributed by atoms with Crippen LogP contribution in [0.25, 0.3) is 0 Å². The topological polar surface area (TPSA) is 24.4 Å². The maximum Gasteiger partial charge on any atom is 0.0866 e. The molecule has 0 spiro atoms. The normalized spacial score (nSPS) is 27.2. The van der Waals surface area contributed by atoms with Gasteiger partial charge in [0.1, 0.15) is 0 Å². The lowest BCUT2D eigenvalue weighted by Gasteiger charge is -2.18. The monoisotopic (exact) mass is 132 g/mol. The van der Waals surface area contributed by atoms with Crippen LogP contribution in [0.1, 0.15) is 0 Å². The first-order valence-corrected chi connectivity index (χ1v) is 3.29. The summed E-state index contributed by atoms with van der Waals surface area (Å²) in [7, 11) is 0. The summed E-state index contributed by atoms with van der Waals surface area (Å²) in [6, 6.07) is 0.301. The summed E-state index contributed by atoms with van der Waals surface area (Å²) in [5, 5.41) is 3.17. The Kier molecular flexibility index (Phi) is 1.17. The number of hydrogen-bond acceptors (Lipinski definition) is 2. The maximum atomic E-state index is 4.02. The summed E-state index contributed by atoms with van der Waals surface area (Å²) in [6.07, 6.45) is 11.7. The minimum Gasteiger partial charge on any atom is -0.379 e. The van der Waals surface area contributed by atoms with Gasteiger partial charge in [-0.1, -0.05) is 6.08 Å². The summed E-state index contributed by atoms with van der Waals surface area (Å²) in [5.41, 5.74) is 1.28. The Morgan fingerprint density at radius 2 is 2.50 bits per heavy atom. The Hall–Kier alpha value is -1.31. The number of aliphatic imine (C=N–C) groups is 1. The number of hydrogen-bond donors (Lipinski definition) is 1. The fourth-order valence-electron chi connectivity index (χ4n) is 1.07. The van der Waals surface area contributed by atoms with E-state index in [4.69, 9.17) is 0 Å². The number of nitrogens with zero attached hydrogens (tertiary/aromatic N) is 1. The summed E-state index contributed by atoms with van der Waals surface area (Å²) in [4.78, 5) is 4.02. The first kappa shape index (κ1) is 5.47. The van der Waals surface area contributed by atoms with Crippen molar-refractivity contribution in [3.63, 3.8) is 0 Å². The predicted octanol–water partition coefficient (Wildman–Crippen LogP) is 0.996. The summed E-state index contributed by atoms with van der Waals surface area (Å²) in [5.74, 6) is 0. The van der Waals surface area contributed by atoms with Gasteiger partial charge in [0.05, 0.1) is 6.04 Å². The molecule has 2 aliphatic heterocycles. The third-order valence-corrected chi connectivity index (χ3v) is 1.61. The maximum absolute atomic E-state index is 4.02. The Morgan fingerprint density at radius 1 is 1.50 bits per heavy atom. The molecule has 0 bridgehead atoms. The van der Waals surface area contributed by atoms with E-state index in [-0.39, 0.29) is 0 Å². The zero-order chi connectivity index (χ0) is 6.81. The lowest BCUT2D eigenvalue weighted by molar-refractivity contribution is 0.841. The Bertz CT molecular complexity index is 246. The Morgan fingerprint density at radius 3 is 3.40 bits per heavy atom. The molecule has 1 atom stereocenters. The van der Waals surface area contributed by atoms with E-state index in [0.29, 0.717) is 6.04 Å². The molecule has 0 saturated heterocycles. The molecule has 50 valence electrons. The number of fused-ring (bicyclic) bond motifs is 1. The highest BCUT2D eigenvalue weighted by molar-refractivity contribution is 5.74. The molecule has 1 N–H and O–H groups in total. The van der Waals surface area contributed by atoms with Gasteiger partial charge < -0.3 is 5.32 Å². The molecule has 0 fully saturated rings. The van der Waals surface area contributed by atoms with Gasteiger partial charge in [-0.2, -0.15) is 0 Å². The second-order valence-electron chi connectivity index (χ2n) is 2.28. The van der Waals surface area contributed by atoms with Crippen molar-refractivity contribution in [3.05, 3.63) is 36.2 Å². The first-order chi connectivity index (χ1) is 4.97. The van der Waals surface area contributed by atoms with E-state index in [1.54, 1.807) is 0 Å². The standard InChI is InChI=1S/C8H8N2/c1-2-7-3-5-9-6-8(7)10-4-1/h1-6,8,10H. The first-order valence-electron chi connectivity index (χ1n) is 3.29. The van der Waals surface area contributed by atoms with Crippen molar-refractivity contribution in [3.8, 4) is 0 Å². The fraction of sp³-hybridized carbons (Fsp3) is 0.125. The van der Waals surface area contributed by atoms with E-state index in [1.165, 1.54) is 5.57 Å². The number of dihydropyridines is 1. The minimum atomic E-state index is 0.301. The van der Waals surface area contributed by atoms with Crippen molar-refractivity contribution in [2.45, 2.75) is 6.04 Å². The largest absolute Gasteiger partial charge is 0.379 e. The second-order valence-corrected chi connectivity index (χ2v) is 2.28. The highest BCUT2D eigenvalue weighted by Gasteiger charge is 2.10. The van der Waals surface area contributed by atoms with Crippen LogP contribution in [-0.4, -0.2) is 12.3 Å². The van der Waals surface area contributed by atoms with Gasteiger partial charge >= 0.3 is 0 Å². The smallest absolute Gasteiger partial charge is 0.0866 e. The van der Waals surface area contributed by atoms with Crippen LogP contribution in [0.2, 0.25) is 0 Å². The quantitative estimate of drug-likeness (QED) is 0.522. The van der Waals surface area contributed by atoms with Crippen molar-refractivity contribution in [1.29, 1.82) is 0 Å². The number of allylic oxidation sites excluding steroid dienone is 2. The van der Waals surface area contributed by atoms with Crippen molar-refractivity contribution in [2.24, 2.45) is 4.99 Å². The highest BCUT2D eigenvalue weighted by Crippen LogP contribution is 2.10. The molecule has 0 radical (unpaired) electrons. The molecule has 0 amide bonds. The van der Waals surface area contributed by atoms with Crippen LogP contribution in [0.15, 0.2) is 41.2 Å². The molecule has 0 aliphatic carbocycles. The van der Waals surface area contributed by atoms with Gasteiger partial charge in [-0.25, -0.2) is 0 Å². The van der Waals surface area contributed by atoms with Crippen molar-refractivity contribution >= 4 is 6.21 Å². The van der Waals surface area contributed by atoms with E-state index in [2.05, 4.69) is 16.4 Å². The average Bonchev–Trinajstić information content (AvgIpc) is 2.05. The third kappa shape index (κ3) is 0.778. The van der Waals surface area contributed by atoms with E-state index in [0.717, 1.165) is 0 Å². The van der Waals surface area contributed by atoms with Gasteiger partial charge in [0.2, 0.25) is 0 Å². The zero-order valence-electron chi connectivity index (χ0n) is 5.49. The molecule has 2 aliphatic rings. The van der Waals surface area contributed by atoms with Crippen LogP contribution in [0.3, 0.4) is 0 Å². The van der Waals surface area contributed by atoms with Crippen molar-refractivity contribution in [2.75, 3.05) is 0 Å². The molecule has 2 nitrogen and oxygen atoms in total. The molecule has 0 aromatic heterocycles. The van der Waals surface area contributed by atoms with E-state index >= 15 is 0 Å². The highest BCUT2D eigenvalue weighted by atomic mass is 14.9. The Balaban J connectivity index is 2.34. The predicted molar refractivity (Wildman–Crippen MR) is 41.8 cm³/mol. The van der Waals surface area contributed by atoms with Crippen molar-refractivity contribution < 1.29 is 0 Å². The van der Waals surface area contributed by atoms with Gasteiger partial charge in [0.15, 0.2) is 0 Å². The molecular formula is C8H8N2. The van der Waals surface area contributed by atoms with Crippen molar-refractivity contribution in [1.82, 2.24) is 5.32 Å². The lowest BCUT2D eigenvalue weighted by Crippen LogP contribution is -2.30. The minimum absolute atomic E-state index is 0.301. The van der Waals surface area contributed by atoms with Gasteiger partial charge in [-0.3, -0.25) is 4.99 Å². The lowest BCUT2D eigenvalue weighted by atomic mass is 10.0. The van der Waals surface area contributed by atoms with Crippen LogP contribution < -0.4 is 5.32 Å². The summed E-state index contributed by atoms with van der Waals surface area (Å²) < 4.78 is 0. The van der Waals surface area contributed by atoms with Gasteiger partial charge in [0, 0.05) is 12.4 Å². The Labute approximate surface area is 59.7 Å². The van der Waals surface area contributed by atoms with E-state index in [1.807, 2.05) is 30.8 Å². The SMILES string of the molecule is C1=CNC2C=NC=CC2=C1. The molecule has 1 unspecified atom stereocenters. The van der Waals surface area contributed by atoms with Crippen LogP contribution in [0.4, 0.5) is 0 Å². The zero-order valence-corrected chi connectivity index (χ0v) is 5.49. The van der Waals surface area contributed by atoms with Crippen LogP contribution in [0.5, 0.6) is 0 Å². The van der Waals surface area contributed by atoms with Gasteiger partial charge in [0.25, 0.3) is 0 Å². The summed E-state index contributed by atoms with van der Waals surface area (Å²) >= 11 is 0. The molecule has 2 heterocycles. The summed E-state index contributed by atoms with van der Waals surface area (Å²) in [6.45, 7) is 0. The molecule has 0 saturated carbocycles. The third-order valence-electron chi connectivity index (χ3n) is 1.61. The van der Waals surface area contributed by atoms with E-state index in [9.17, 15) is 0 Å². The molecule has 0 aromatic rings. The average molecular weight is 132 g/mol. The molecule has 0 aromatic carbocycles. The van der Waals surface area contributed by atoms with Gasteiger partial charge in [-0.15, -0.1) is 0 Å². The second kappa shape index (κ2) is 2.14.